The standard InChI is InChI=1S/C32H46O9/c1-16(33)38-22-14-23(39-17(2)34)30(7)20-9-11-29(6)25(19-10-12-37-15-19)26(36)27-32(29,41-27)31(20,8)24(40-18(3)35)13-21(30)28(22,4)5/h19-25,27H,9-15H2,1-8H3/t19-,20?,21?,22+,23-,24+,25+,27+,29-,30+,31-,32+/m0/s1. The molecule has 2 saturated heterocycles. The van der Waals surface area contributed by atoms with E-state index in [1.807, 2.05) is 0 Å². The van der Waals surface area contributed by atoms with Crippen molar-refractivity contribution in [2.75, 3.05) is 13.2 Å². The largest absolute Gasteiger partial charge is 0.462 e. The Morgan fingerprint density at radius 3 is 2.00 bits per heavy atom. The van der Waals surface area contributed by atoms with Crippen LogP contribution < -0.4 is 0 Å². The molecule has 6 rings (SSSR count). The summed E-state index contributed by atoms with van der Waals surface area (Å²) >= 11 is 0. The third kappa shape index (κ3) is 3.54. The van der Waals surface area contributed by atoms with Crippen molar-refractivity contribution in [2.45, 2.75) is 118 Å². The van der Waals surface area contributed by atoms with Crippen molar-refractivity contribution >= 4 is 23.7 Å². The Kier molecular flexibility index (Phi) is 6.39. The second-order valence-electron chi connectivity index (χ2n) is 15.0. The van der Waals surface area contributed by atoms with Gasteiger partial charge >= 0.3 is 17.9 Å². The average molecular weight is 575 g/mol. The van der Waals surface area contributed by atoms with Crippen LogP contribution >= 0.6 is 0 Å². The topological polar surface area (TPSA) is 118 Å². The summed E-state index contributed by atoms with van der Waals surface area (Å²) in [5.74, 6) is -1.15. The minimum Gasteiger partial charge on any atom is -0.462 e. The summed E-state index contributed by atoms with van der Waals surface area (Å²) in [6.45, 7) is 16.3. The highest BCUT2D eigenvalue weighted by Crippen LogP contribution is 2.81. The van der Waals surface area contributed by atoms with Crippen LogP contribution in [0.4, 0.5) is 0 Å². The van der Waals surface area contributed by atoms with Crippen molar-refractivity contribution < 1.29 is 42.9 Å². The molecule has 9 heteroatoms. The minimum absolute atomic E-state index is 0.0792. The zero-order valence-corrected chi connectivity index (χ0v) is 25.7. The average Bonchev–Trinajstić information content (AvgIpc) is 3.34. The molecule has 6 fully saturated rings. The quantitative estimate of drug-likeness (QED) is 0.279. The Hall–Kier alpha value is -2.00. The summed E-state index contributed by atoms with van der Waals surface area (Å²) in [6.07, 6.45) is 1.26. The lowest BCUT2D eigenvalue weighted by atomic mass is 9.35. The molecule has 0 bridgehead atoms. The number of carbonyl (C=O) groups is 4. The molecule has 2 aliphatic heterocycles. The first kappa shape index (κ1) is 29.1. The number of carbonyl (C=O) groups excluding carboxylic acids is 4. The van der Waals surface area contributed by atoms with Gasteiger partial charge in [0.2, 0.25) is 0 Å². The zero-order chi connectivity index (χ0) is 29.9. The van der Waals surface area contributed by atoms with Gasteiger partial charge in [-0.3, -0.25) is 19.2 Å². The maximum absolute atomic E-state index is 14.1. The maximum Gasteiger partial charge on any atom is 0.302 e. The van der Waals surface area contributed by atoms with Crippen LogP contribution in [-0.2, 0) is 42.9 Å². The van der Waals surface area contributed by atoms with Crippen molar-refractivity contribution in [1.29, 1.82) is 0 Å². The van der Waals surface area contributed by atoms with Gasteiger partial charge < -0.3 is 23.7 Å². The van der Waals surface area contributed by atoms with Gasteiger partial charge in [-0.2, -0.15) is 0 Å². The van der Waals surface area contributed by atoms with E-state index in [0.29, 0.717) is 26.1 Å². The Labute approximate surface area is 242 Å². The SMILES string of the molecule is CC(=O)O[C@H]1C[C@@H](OC(C)=O)C(C)(C)C2C[C@@H](OC(C)=O)[C@]3(C)C(CC[C@@]4(C)[C@H]([C@H]5CCOC5)C(=O)[C@H]5O[C@]543)[C@]21C. The minimum atomic E-state index is -0.779. The lowest BCUT2D eigenvalue weighted by molar-refractivity contribution is -0.291. The van der Waals surface area contributed by atoms with Crippen LogP contribution in [0.1, 0.15) is 87.5 Å². The predicted octanol–water partition coefficient (Wildman–Crippen LogP) is 4.03. The van der Waals surface area contributed by atoms with Crippen LogP contribution in [0.2, 0.25) is 0 Å². The Balaban J connectivity index is 1.51. The van der Waals surface area contributed by atoms with Gasteiger partial charge in [0.05, 0.1) is 6.61 Å². The molecule has 4 saturated carbocycles. The van der Waals surface area contributed by atoms with Gasteiger partial charge in [0.25, 0.3) is 0 Å². The lowest BCUT2D eigenvalue weighted by Crippen LogP contribution is -2.74. The van der Waals surface area contributed by atoms with E-state index in [-0.39, 0.29) is 47.4 Å². The van der Waals surface area contributed by atoms with Gasteiger partial charge in [-0.15, -0.1) is 0 Å². The molecular weight excluding hydrogens is 528 g/mol. The van der Waals surface area contributed by atoms with Gasteiger partial charge in [0, 0.05) is 61.4 Å². The number of hydrogen-bond acceptors (Lipinski definition) is 9. The van der Waals surface area contributed by atoms with E-state index in [1.54, 1.807) is 0 Å². The number of hydrogen-bond donors (Lipinski definition) is 0. The van der Waals surface area contributed by atoms with Gasteiger partial charge in [-0.05, 0) is 43.4 Å². The van der Waals surface area contributed by atoms with Crippen LogP contribution in [0.3, 0.4) is 0 Å². The van der Waals surface area contributed by atoms with Crippen LogP contribution in [-0.4, -0.2) is 66.9 Å². The number of rotatable bonds is 4. The molecule has 0 amide bonds. The third-order valence-electron chi connectivity index (χ3n) is 13.0. The van der Waals surface area contributed by atoms with E-state index in [2.05, 4.69) is 34.6 Å². The fourth-order valence-electron chi connectivity index (χ4n) is 11.5. The zero-order valence-electron chi connectivity index (χ0n) is 25.7. The molecule has 1 spiro atoms. The molecule has 0 aromatic heterocycles. The van der Waals surface area contributed by atoms with Gasteiger partial charge in [0.1, 0.15) is 30.0 Å². The van der Waals surface area contributed by atoms with Crippen molar-refractivity contribution in [3.63, 3.8) is 0 Å². The summed E-state index contributed by atoms with van der Waals surface area (Å²) in [7, 11) is 0. The number of ketones is 1. The molecule has 12 atom stereocenters. The van der Waals surface area contributed by atoms with Crippen LogP contribution in [0.15, 0.2) is 0 Å². The number of fused-ring (bicyclic) bond motifs is 3. The van der Waals surface area contributed by atoms with E-state index < -0.39 is 51.7 Å². The number of esters is 3. The van der Waals surface area contributed by atoms with E-state index in [1.165, 1.54) is 20.8 Å². The van der Waals surface area contributed by atoms with Crippen molar-refractivity contribution in [1.82, 2.24) is 0 Å². The highest BCUT2D eigenvalue weighted by Gasteiger charge is 2.90. The van der Waals surface area contributed by atoms with Crippen LogP contribution in [0, 0.1) is 45.3 Å². The van der Waals surface area contributed by atoms with Crippen molar-refractivity contribution in [3.05, 3.63) is 0 Å². The summed E-state index contributed by atoms with van der Waals surface area (Å²) < 4.78 is 30.6. The number of epoxide rings is 1. The summed E-state index contributed by atoms with van der Waals surface area (Å²) in [6, 6.07) is 0. The van der Waals surface area contributed by atoms with Crippen LogP contribution in [0.25, 0.3) is 0 Å². The number of Topliss-reactive ketones (excluding diaryl/α,β-unsaturated/α-hetero) is 1. The number of ether oxygens (including phenoxy) is 5. The molecule has 6 aliphatic rings. The highest BCUT2D eigenvalue weighted by molar-refractivity contribution is 5.95. The van der Waals surface area contributed by atoms with Crippen molar-refractivity contribution in [2.24, 2.45) is 45.3 Å². The summed E-state index contributed by atoms with van der Waals surface area (Å²) in [5.41, 5.74) is -2.94. The van der Waals surface area contributed by atoms with Gasteiger partial charge in [0.15, 0.2) is 5.78 Å². The molecule has 4 aliphatic carbocycles. The van der Waals surface area contributed by atoms with Crippen molar-refractivity contribution in [3.8, 4) is 0 Å². The third-order valence-corrected chi connectivity index (χ3v) is 13.0. The molecular formula is C32H46O9. The van der Waals surface area contributed by atoms with E-state index in [0.717, 1.165) is 19.3 Å². The van der Waals surface area contributed by atoms with E-state index in [4.69, 9.17) is 23.7 Å². The fraction of sp³-hybridized carbons (Fsp3) is 0.875. The molecule has 0 N–H and O–H groups in total. The molecule has 228 valence electrons. The van der Waals surface area contributed by atoms with E-state index in [9.17, 15) is 19.2 Å². The predicted molar refractivity (Wildman–Crippen MR) is 145 cm³/mol. The normalized spacial score (nSPS) is 51.0. The monoisotopic (exact) mass is 574 g/mol. The first-order valence-electron chi connectivity index (χ1n) is 15.4. The molecule has 2 unspecified atom stereocenters. The Bertz CT molecular complexity index is 1170. The fourth-order valence-corrected chi connectivity index (χ4v) is 11.5. The van der Waals surface area contributed by atoms with E-state index >= 15 is 0 Å². The smallest absolute Gasteiger partial charge is 0.302 e. The van der Waals surface area contributed by atoms with Gasteiger partial charge in [-0.25, -0.2) is 0 Å². The summed E-state index contributed by atoms with van der Waals surface area (Å²) in [4.78, 5) is 51.5. The molecule has 0 radical (unpaired) electrons. The second kappa shape index (κ2) is 9.01. The highest BCUT2D eigenvalue weighted by atomic mass is 16.6. The molecule has 0 aromatic rings. The molecule has 9 nitrogen and oxygen atoms in total. The second-order valence-corrected chi connectivity index (χ2v) is 15.0. The van der Waals surface area contributed by atoms with Gasteiger partial charge in [-0.1, -0.05) is 34.6 Å². The molecule has 0 aromatic carbocycles. The first-order chi connectivity index (χ1) is 19.1. The lowest BCUT2D eigenvalue weighted by Gasteiger charge is -2.70. The molecule has 2 heterocycles. The Morgan fingerprint density at radius 2 is 1.41 bits per heavy atom. The maximum atomic E-state index is 14.1. The molecule has 41 heavy (non-hydrogen) atoms. The first-order valence-corrected chi connectivity index (χ1v) is 15.4. The van der Waals surface area contributed by atoms with Crippen LogP contribution in [0.5, 0.6) is 0 Å². The summed E-state index contributed by atoms with van der Waals surface area (Å²) in [5, 5.41) is 0. The Morgan fingerprint density at radius 1 is 0.805 bits per heavy atom.